The maximum absolute atomic E-state index is 12.6. The Morgan fingerprint density at radius 2 is 2.00 bits per heavy atom. The number of hydrogen-bond acceptors (Lipinski definition) is 2. The highest BCUT2D eigenvalue weighted by Crippen LogP contribution is 2.33. The number of hydrogen-bond donors (Lipinski definition) is 2. The SMILES string of the molecule is CCCCCNC(=O)CNc1cc(C(F)(F)F)ccc1Cl. The lowest BCUT2D eigenvalue weighted by Crippen LogP contribution is -2.30. The molecule has 0 bridgehead atoms. The van der Waals surface area contributed by atoms with Crippen molar-refractivity contribution >= 4 is 23.2 Å². The molecule has 1 aromatic carbocycles. The monoisotopic (exact) mass is 322 g/mol. The van der Waals surface area contributed by atoms with Gasteiger partial charge in [-0.2, -0.15) is 13.2 Å². The minimum absolute atomic E-state index is 0.0928. The molecule has 1 aromatic rings. The van der Waals surface area contributed by atoms with E-state index in [1.54, 1.807) is 0 Å². The van der Waals surface area contributed by atoms with Crippen LogP contribution in [-0.4, -0.2) is 19.0 Å². The molecule has 7 heteroatoms. The first-order chi connectivity index (χ1) is 9.84. The minimum atomic E-state index is -4.44. The highest BCUT2D eigenvalue weighted by Gasteiger charge is 2.30. The van der Waals surface area contributed by atoms with Gasteiger partial charge in [0, 0.05) is 6.54 Å². The number of anilines is 1. The normalized spacial score (nSPS) is 11.3. The molecule has 0 aliphatic heterocycles. The molecule has 0 fully saturated rings. The van der Waals surface area contributed by atoms with Crippen LogP contribution in [0.4, 0.5) is 18.9 Å². The second-order valence-electron chi connectivity index (χ2n) is 4.60. The lowest BCUT2D eigenvalue weighted by Gasteiger charge is -2.12. The Morgan fingerprint density at radius 1 is 1.29 bits per heavy atom. The zero-order valence-corrected chi connectivity index (χ0v) is 12.4. The summed E-state index contributed by atoms with van der Waals surface area (Å²) in [6.07, 6.45) is -1.49. The summed E-state index contributed by atoms with van der Waals surface area (Å²) in [5.74, 6) is -0.278. The molecule has 0 atom stereocenters. The van der Waals surface area contributed by atoms with Crippen LogP contribution in [-0.2, 0) is 11.0 Å². The van der Waals surface area contributed by atoms with Gasteiger partial charge in [-0.05, 0) is 24.6 Å². The van der Waals surface area contributed by atoms with Crippen LogP contribution in [0, 0.1) is 0 Å². The van der Waals surface area contributed by atoms with E-state index in [1.807, 2.05) is 0 Å². The van der Waals surface area contributed by atoms with Crippen LogP contribution in [0.5, 0.6) is 0 Å². The fourth-order valence-electron chi connectivity index (χ4n) is 1.68. The Hall–Kier alpha value is -1.43. The van der Waals surface area contributed by atoms with Crippen LogP contribution in [0.15, 0.2) is 18.2 Å². The van der Waals surface area contributed by atoms with Gasteiger partial charge in [-0.1, -0.05) is 31.4 Å². The van der Waals surface area contributed by atoms with Gasteiger partial charge in [-0.25, -0.2) is 0 Å². The van der Waals surface area contributed by atoms with Gasteiger partial charge in [0.2, 0.25) is 5.91 Å². The Labute approximate surface area is 126 Å². The highest BCUT2D eigenvalue weighted by atomic mass is 35.5. The van der Waals surface area contributed by atoms with Crippen molar-refractivity contribution in [2.75, 3.05) is 18.4 Å². The van der Waals surface area contributed by atoms with Crippen molar-refractivity contribution in [3.8, 4) is 0 Å². The number of alkyl halides is 3. The lowest BCUT2D eigenvalue weighted by atomic mass is 10.2. The number of carbonyl (C=O) groups excluding carboxylic acids is 1. The number of unbranched alkanes of at least 4 members (excludes halogenated alkanes) is 2. The molecule has 0 radical (unpaired) electrons. The molecule has 0 spiro atoms. The van der Waals surface area contributed by atoms with Gasteiger partial charge in [-0.3, -0.25) is 4.79 Å². The van der Waals surface area contributed by atoms with Gasteiger partial charge in [0.25, 0.3) is 0 Å². The first kappa shape index (κ1) is 17.6. The summed E-state index contributed by atoms with van der Waals surface area (Å²) in [7, 11) is 0. The minimum Gasteiger partial charge on any atom is -0.375 e. The smallest absolute Gasteiger partial charge is 0.375 e. The number of carbonyl (C=O) groups is 1. The summed E-state index contributed by atoms with van der Waals surface area (Å²) in [6.45, 7) is 2.50. The van der Waals surface area contributed by atoms with Crippen molar-refractivity contribution in [1.82, 2.24) is 5.32 Å². The molecule has 1 rings (SSSR count). The van der Waals surface area contributed by atoms with Gasteiger partial charge in [0.1, 0.15) is 0 Å². The number of halogens is 4. The van der Waals surface area contributed by atoms with Crippen LogP contribution in [0.2, 0.25) is 5.02 Å². The van der Waals surface area contributed by atoms with Crippen LogP contribution in [0.25, 0.3) is 0 Å². The third-order valence-corrected chi connectivity index (χ3v) is 3.17. The second-order valence-corrected chi connectivity index (χ2v) is 5.01. The topological polar surface area (TPSA) is 41.1 Å². The predicted octanol–water partition coefficient (Wildman–Crippen LogP) is 4.08. The van der Waals surface area contributed by atoms with Crippen molar-refractivity contribution in [3.63, 3.8) is 0 Å². The van der Waals surface area contributed by atoms with E-state index in [4.69, 9.17) is 11.6 Å². The Bertz CT molecular complexity index is 478. The fraction of sp³-hybridized carbons (Fsp3) is 0.500. The zero-order valence-electron chi connectivity index (χ0n) is 11.7. The molecular formula is C14H18ClF3N2O. The van der Waals surface area contributed by atoms with Crippen molar-refractivity contribution < 1.29 is 18.0 Å². The van der Waals surface area contributed by atoms with Crippen LogP contribution in [0.3, 0.4) is 0 Å². The fourth-order valence-corrected chi connectivity index (χ4v) is 1.86. The first-order valence-electron chi connectivity index (χ1n) is 6.72. The Balaban J connectivity index is 2.53. The van der Waals surface area contributed by atoms with E-state index in [2.05, 4.69) is 17.6 Å². The average molecular weight is 323 g/mol. The van der Waals surface area contributed by atoms with Crippen LogP contribution in [0.1, 0.15) is 31.7 Å². The van der Waals surface area contributed by atoms with Gasteiger partial charge in [-0.15, -0.1) is 0 Å². The summed E-state index contributed by atoms with van der Waals surface area (Å²) in [5.41, 5.74) is -0.715. The number of amides is 1. The standard InChI is InChI=1S/C14H18ClF3N2O/c1-2-3-4-7-19-13(21)9-20-12-8-10(14(16,17)18)5-6-11(12)15/h5-6,8,20H,2-4,7,9H2,1H3,(H,19,21). The van der Waals surface area contributed by atoms with E-state index in [0.717, 1.165) is 37.5 Å². The molecule has 0 unspecified atom stereocenters. The molecule has 21 heavy (non-hydrogen) atoms. The summed E-state index contributed by atoms with van der Waals surface area (Å²) in [4.78, 5) is 11.5. The van der Waals surface area contributed by atoms with E-state index in [9.17, 15) is 18.0 Å². The summed E-state index contributed by atoms with van der Waals surface area (Å²) < 4.78 is 37.8. The zero-order chi connectivity index (χ0) is 15.9. The molecule has 0 heterocycles. The molecule has 0 saturated carbocycles. The predicted molar refractivity (Wildman–Crippen MR) is 77.5 cm³/mol. The molecule has 118 valence electrons. The number of rotatable bonds is 7. The quantitative estimate of drug-likeness (QED) is 0.743. The van der Waals surface area contributed by atoms with Crippen molar-refractivity contribution in [3.05, 3.63) is 28.8 Å². The van der Waals surface area contributed by atoms with E-state index < -0.39 is 11.7 Å². The molecule has 0 saturated heterocycles. The van der Waals surface area contributed by atoms with E-state index in [-0.39, 0.29) is 23.2 Å². The van der Waals surface area contributed by atoms with Crippen LogP contribution >= 0.6 is 11.6 Å². The summed E-state index contributed by atoms with van der Waals surface area (Å²) in [5, 5.41) is 5.45. The average Bonchev–Trinajstić information content (AvgIpc) is 2.41. The van der Waals surface area contributed by atoms with Gasteiger partial charge < -0.3 is 10.6 Å². The van der Waals surface area contributed by atoms with Crippen molar-refractivity contribution in [2.24, 2.45) is 0 Å². The molecule has 3 nitrogen and oxygen atoms in total. The molecule has 0 aliphatic rings. The van der Waals surface area contributed by atoms with E-state index in [1.165, 1.54) is 0 Å². The highest BCUT2D eigenvalue weighted by molar-refractivity contribution is 6.33. The first-order valence-corrected chi connectivity index (χ1v) is 7.09. The lowest BCUT2D eigenvalue weighted by molar-refractivity contribution is -0.137. The van der Waals surface area contributed by atoms with Gasteiger partial charge >= 0.3 is 6.18 Å². The number of benzene rings is 1. The van der Waals surface area contributed by atoms with E-state index in [0.29, 0.717) is 6.54 Å². The molecule has 0 aliphatic carbocycles. The van der Waals surface area contributed by atoms with Gasteiger partial charge in [0.05, 0.1) is 22.8 Å². The summed E-state index contributed by atoms with van der Waals surface area (Å²) >= 11 is 5.81. The summed E-state index contributed by atoms with van der Waals surface area (Å²) in [6, 6.07) is 2.96. The Morgan fingerprint density at radius 3 is 2.62 bits per heavy atom. The largest absolute Gasteiger partial charge is 0.416 e. The Kier molecular flexibility index (Phi) is 6.81. The van der Waals surface area contributed by atoms with E-state index >= 15 is 0 Å². The number of nitrogens with one attached hydrogen (secondary N) is 2. The molecule has 1 amide bonds. The third kappa shape index (κ3) is 6.25. The van der Waals surface area contributed by atoms with Crippen molar-refractivity contribution in [1.29, 1.82) is 0 Å². The second kappa shape index (κ2) is 8.12. The molecule has 2 N–H and O–H groups in total. The maximum atomic E-state index is 12.6. The van der Waals surface area contributed by atoms with Crippen molar-refractivity contribution in [2.45, 2.75) is 32.4 Å². The van der Waals surface area contributed by atoms with Gasteiger partial charge in [0.15, 0.2) is 0 Å². The van der Waals surface area contributed by atoms with Crippen LogP contribution < -0.4 is 10.6 Å². The molecule has 0 aromatic heterocycles. The maximum Gasteiger partial charge on any atom is 0.416 e. The molecular weight excluding hydrogens is 305 g/mol. The third-order valence-electron chi connectivity index (χ3n) is 2.84.